The predicted octanol–water partition coefficient (Wildman–Crippen LogP) is 0.474. The second-order valence-corrected chi connectivity index (χ2v) is 5.25. The van der Waals surface area contributed by atoms with Gasteiger partial charge in [-0.1, -0.05) is 19.8 Å². The second-order valence-electron chi connectivity index (χ2n) is 5.25. The molecule has 0 radical (unpaired) electrons. The van der Waals surface area contributed by atoms with Crippen molar-refractivity contribution >= 4 is 0 Å². The molecule has 4 N–H and O–H groups in total. The van der Waals surface area contributed by atoms with E-state index in [9.17, 15) is 5.11 Å². The molecular weight excluding hydrogens is 176 g/mol. The smallest absolute Gasteiger partial charge is 0.105 e. The summed E-state index contributed by atoms with van der Waals surface area (Å²) in [7, 11) is 0. The van der Waals surface area contributed by atoms with Crippen LogP contribution in [0.5, 0.6) is 0 Å². The summed E-state index contributed by atoms with van der Waals surface area (Å²) in [5.74, 6) is 1.39. The van der Waals surface area contributed by atoms with Crippen LogP contribution in [0.2, 0.25) is 0 Å². The molecule has 0 aromatic carbocycles. The highest BCUT2D eigenvalue weighted by Crippen LogP contribution is 2.33. The number of aliphatic hydroxyl groups is 1. The summed E-state index contributed by atoms with van der Waals surface area (Å²) < 4.78 is 0. The van der Waals surface area contributed by atoms with Gasteiger partial charge in [0.15, 0.2) is 0 Å². The summed E-state index contributed by atoms with van der Waals surface area (Å²) in [6, 6.07) is -0.0174. The summed E-state index contributed by atoms with van der Waals surface area (Å²) in [4.78, 5) is 0. The molecule has 0 aromatic rings. The van der Waals surface area contributed by atoms with E-state index < -0.39 is 5.60 Å². The van der Waals surface area contributed by atoms with Crippen LogP contribution in [0.15, 0.2) is 0 Å². The molecule has 2 aliphatic rings. The normalized spacial score (nSPS) is 38.8. The van der Waals surface area contributed by atoms with Crippen molar-refractivity contribution in [1.29, 1.82) is 0 Å². The zero-order chi connectivity index (χ0) is 10.2. The first kappa shape index (κ1) is 10.4. The van der Waals surface area contributed by atoms with E-state index in [-0.39, 0.29) is 6.04 Å². The standard InChI is InChI=1S/C11H22N2O/c1-8-2-4-9(5-3-8)10(12)11(14)6-13-7-11/h8-10,13-14H,2-7,12H2,1H3. The maximum absolute atomic E-state index is 10.1. The average molecular weight is 198 g/mol. The minimum absolute atomic E-state index is 0.0174. The molecule has 0 bridgehead atoms. The van der Waals surface area contributed by atoms with E-state index in [1.54, 1.807) is 0 Å². The van der Waals surface area contributed by atoms with Crippen molar-refractivity contribution in [3.63, 3.8) is 0 Å². The first-order valence-corrected chi connectivity index (χ1v) is 5.80. The number of rotatable bonds is 2. The van der Waals surface area contributed by atoms with Crippen molar-refractivity contribution in [2.45, 2.75) is 44.2 Å². The van der Waals surface area contributed by atoms with Gasteiger partial charge in [-0.05, 0) is 24.7 Å². The lowest BCUT2D eigenvalue weighted by atomic mass is 9.72. The number of nitrogens with one attached hydrogen (secondary N) is 1. The Kier molecular flexibility index (Phi) is 2.82. The Balaban J connectivity index is 1.88. The Morgan fingerprint density at radius 1 is 1.29 bits per heavy atom. The minimum Gasteiger partial charge on any atom is -0.386 e. The molecule has 1 aliphatic carbocycles. The van der Waals surface area contributed by atoms with Crippen LogP contribution in [0, 0.1) is 11.8 Å². The predicted molar refractivity (Wildman–Crippen MR) is 56.9 cm³/mol. The minimum atomic E-state index is -0.606. The van der Waals surface area contributed by atoms with Crippen LogP contribution >= 0.6 is 0 Å². The van der Waals surface area contributed by atoms with E-state index in [4.69, 9.17) is 5.73 Å². The van der Waals surface area contributed by atoms with Gasteiger partial charge in [-0.25, -0.2) is 0 Å². The van der Waals surface area contributed by atoms with E-state index in [0.717, 1.165) is 5.92 Å². The molecule has 0 spiro atoms. The molecule has 1 saturated heterocycles. The second kappa shape index (κ2) is 3.80. The molecule has 14 heavy (non-hydrogen) atoms. The van der Waals surface area contributed by atoms with Crippen LogP contribution in [0.25, 0.3) is 0 Å². The molecular formula is C11H22N2O. The van der Waals surface area contributed by atoms with Crippen LogP contribution in [-0.2, 0) is 0 Å². The van der Waals surface area contributed by atoms with Gasteiger partial charge in [0.1, 0.15) is 5.60 Å². The van der Waals surface area contributed by atoms with Gasteiger partial charge in [-0.15, -0.1) is 0 Å². The molecule has 2 rings (SSSR count). The highest BCUT2D eigenvalue weighted by Gasteiger charge is 2.44. The van der Waals surface area contributed by atoms with Crippen molar-refractivity contribution < 1.29 is 5.11 Å². The summed E-state index contributed by atoms with van der Waals surface area (Å²) >= 11 is 0. The maximum Gasteiger partial charge on any atom is 0.105 e. The van der Waals surface area contributed by atoms with Crippen molar-refractivity contribution in [2.75, 3.05) is 13.1 Å². The Morgan fingerprint density at radius 2 is 1.86 bits per heavy atom. The molecule has 1 atom stereocenters. The molecule has 2 fully saturated rings. The molecule has 82 valence electrons. The Morgan fingerprint density at radius 3 is 2.29 bits per heavy atom. The summed E-state index contributed by atoms with van der Waals surface area (Å²) in [6.45, 7) is 3.67. The van der Waals surface area contributed by atoms with E-state index in [2.05, 4.69) is 12.2 Å². The number of hydrogen-bond donors (Lipinski definition) is 3. The van der Waals surface area contributed by atoms with E-state index >= 15 is 0 Å². The Labute approximate surface area is 86.1 Å². The van der Waals surface area contributed by atoms with Crippen LogP contribution in [0.3, 0.4) is 0 Å². The Hall–Kier alpha value is -0.120. The number of β-amino-alcohol motifs (C(OH)–C–C–N with tert-alkyl or cyclic N) is 1. The third-order valence-corrected chi connectivity index (χ3v) is 4.05. The van der Waals surface area contributed by atoms with E-state index in [1.165, 1.54) is 25.7 Å². The lowest BCUT2D eigenvalue weighted by molar-refractivity contribution is -0.0534. The van der Waals surface area contributed by atoms with E-state index in [1.807, 2.05) is 0 Å². The van der Waals surface area contributed by atoms with Crippen LogP contribution in [-0.4, -0.2) is 29.8 Å². The van der Waals surface area contributed by atoms with Gasteiger partial charge < -0.3 is 16.2 Å². The Bertz CT molecular complexity index is 195. The van der Waals surface area contributed by atoms with Crippen molar-refractivity contribution in [3.8, 4) is 0 Å². The molecule has 0 amide bonds. The largest absolute Gasteiger partial charge is 0.386 e. The number of hydrogen-bond acceptors (Lipinski definition) is 3. The van der Waals surface area contributed by atoms with Crippen LogP contribution < -0.4 is 11.1 Å². The highest BCUT2D eigenvalue weighted by atomic mass is 16.3. The number of nitrogens with two attached hydrogens (primary N) is 1. The monoisotopic (exact) mass is 198 g/mol. The summed E-state index contributed by atoms with van der Waals surface area (Å²) in [5.41, 5.74) is 5.54. The zero-order valence-corrected chi connectivity index (χ0v) is 9.00. The van der Waals surface area contributed by atoms with Gasteiger partial charge in [0.05, 0.1) is 0 Å². The van der Waals surface area contributed by atoms with Crippen LogP contribution in [0.1, 0.15) is 32.6 Å². The van der Waals surface area contributed by atoms with Crippen LogP contribution in [0.4, 0.5) is 0 Å². The SMILES string of the molecule is CC1CCC(C(N)C2(O)CNC2)CC1. The van der Waals surface area contributed by atoms with Crippen molar-refractivity contribution in [3.05, 3.63) is 0 Å². The fraction of sp³-hybridized carbons (Fsp3) is 1.00. The third-order valence-electron chi connectivity index (χ3n) is 4.05. The molecule has 0 aromatic heterocycles. The van der Waals surface area contributed by atoms with Crippen molar-refractivity contribution in [2.24, 2.45) is 17.6 Å². The molecule has 1 unspecified atom stereocenters. The quantitative estimate of drug-likeness (QED) is 0.604. The lowest BCUT2D eigenvalue weighted by Gasteiger charge is -2.46. The fourth-order valence-corrected chi connectivity index (χ4v) is 2.70. The molecule has 1 aliphatic heterocycles. The van der Waals surface area contributed by atoms with Gasteiger partial charge in [0, 0.05) is 19.1 Å². The van der Waals surface area contributed by atoms with Crippen molar-refractivity contribution in [1.82, 2.24) is 5.32 Å². The first-order valence-electron chi connectivity index (χ1n) is 5.80. The van der Waals surface area contributed by atoms with Gasteiger partial charge >= 0.3 is 0 Å². The zero-order valence-electron chi connectivity index (χ0n) is 9.00. The molecule has 1 saturated carbocycles. The summed E-state index contributed by atoms with van der Waals surface area (Å²) in [5, 5.41) is 13.2. The third kappa shape index (κ3) is 1.81. The topological polar surface area (TPSA) is 58.3 Å². The maximum atomic E-state index is 10.1. The fourth-order valence-electron chi connectivity index (χ4n) is 2.70. The molecule has 1 heterocycles. The highest BCUT2D eigenvalue weighted by molar-refractivity contribution is 5.03. The van der Waals surface area contributed by atoms with E-state index in [0.29, 0.717) is 19.0 Å². The first-order chi connectivity index (χ1) is 6.62. The summed E-state index contributed by atoms with van der Waals surface area (Å²) in [6.07, 6.45) is 4.96. The average Bonchev–Trinajstić information content (AvgIpc) is 2.14. The van der Waals surface area contributed by atoms with Gasteiger partial charge in [0.2, 0.25) is 0 Å². The lowest BCUT2D eigenvalue weighted by Crippen LogP contribution is -2.70. The molecule has 3 nitrogen and oxygen atoms in total. The van der Waals surface area contributed by atoms with Gasteiger partial charge in [-0.2, -0.15) is 0 Å². The van der Waals surface area contributed by atoms with Gasteiger partial charge in [0.25, 0.3) is 0 Å². The molecule has 3 heteroatoms. The van der Waals surface area contributed by atoms with Gasteiger partial charge in [-0.3, -0.25) is 0 Å².